The van der Waals surface area contributed by atoms with Gasteiger partial charge in [-0.15, -0.1) is 0 Å². The van der Waals surface area contributed by atoms with Crippen molar-refractivity contribution in [2.24, 2.45) is 0 Å². The van der Waals surface area contributed by atoms with E-state index in [1.54, 1.807) is 0 Å². The number of carbonyl (C=O) groups excluding carboxylic acids is 1. The monoisotopic (exact) mass is 174 g/mol. The van der Waals surface area contributed by atoms with Gasteiger partial charge in [-0.2, -0.15) is 0 Å². The van der Waals surface area contributed by atoms with Crippen molar-refractivity contribution in [3.05, 3.63) is 34.9 Å². The summed E-state index contributed by atoms with van der Waals surface area (Å²) in [6.07, 6.45) is 1.31. The summed E-state index contributed by atoms with van der Waals surface area (Å²) >= 11 is 0. The molecule has 0 heterocycles. The minimum atomic E-state index is 0.364. The first-order valence-corrected chi connectivity index (χ1v) is 4.81. The van der Waals surface area contributed by atoms with Crippen molar-refractivity contribution in [1.29, 1.82) is 0 Å². The topological polar surface area (TPSA) is 17.1 Å². The minimum Gasteiger partial charge on any atom is -0.299 e. The van der Waals surface area contributed by atoms with Crippen LogP contribution < -0.4 is 0 Å². The van der Waals surface area contributed by atoms with E-state index in [0.717, 1.165) is 0 Å². The molecular weight excluding hydrogens is 160 g/mol. The molecule has 1 nitrogen and oxygen atoms in total. The van der Waals surface area contributed by atoms with Gasteiger partial charge in [-0.25, -0.2) is 0 Å². The van der Waals surface area contributed by atoms with Gasteiger partial charge in [0.15, 0.2) is 0 Å². The molecule has 1 aromatic rings. The Labute approximate surface area is 78.8 Å². The molecule has 13 heavy (non-hydrogen) atoms. The molecule has 0 saturated carbocycles. The van der Waals surface area contributed by atoms with E-state index in [-0.39, 0.29) is 0 Å². The van der Waals surface area contributed by atoms with E-state index in [1.165, 1.54) is 16.7 Å². The second kappa shape index (κ2) is 2.99. The zero-order valence-electron chi connectivity index (χ0n) is 8.13. The molecule has 0 amide bonds. The molecule has 0 N–H and O–H groups in total. The molecule has 1 heteroatoms. The molecule has 0 bridgehead atoms. The van der Waals surface area contributed by atoms with Crippen LogP contribution in [0.5, 0.6) is 0 Å². The zero-order chi connectivity index (χ0) is 9.42. The van der Waals surface area contributed by atoms with Gasteiger partial charge in [0, 0.05) is 12.8 Å². The standard InChI is InChI=1S/C12H14O/c1-8(2)11-5-3-4-9-6-10(13)7-12(9)11/h3-5,8H,6-7H2,1-2H3. The summed E-state index contributed by atoms with van der Waals surface area (Å²) in [5.74, 6) is 0.893. The number of rotatable bonds is 1. The average molecular weight is 174 g/mol. The molecule has 0 spiro atoms. The molecule has 0 aliphatic heterocycles. The SMILES string of the molecule is CC(C)c1cccc2c1CC(=O)C2. The maximum absolute atomic E-state index is 11.3. The summed E-state index contributed by atoms with van der Waals surface area (Å²) in [4.78, 5) is 11.3. The lowest BCUT2D eigenvalue weighted by atomic mass is 9.95. The summed E-state index contributed by atoms with van der Waals surface area (Å²) in [7, 11) is 0. The van der Waals surface area contributed by atoms with Gasteiger partial charge >= 0.3 is 0 Å². The highest BCUT2D eigenvalue weighted by molar-refractivity contribution is 5.88. The van der Waals surface area contributed by atoms with Crippen LogP contribution in [0.4, 0.5) is 0 Å². The number of Topliss-reactive ketones (excluding diaryl/α,β-unsaturated/α-hetero) is 1. The molecule has 0 radical (unpaired) electrons. The highest BCUT2D eigenvalue weighted by Gasteiger charge is 2.21. The third-order valence-electron chi connectivity index (χ3n) is 2.69. The Bertz CT molecular complexity index is 350. The molecular formula is C12H14O. The molecule has 0 saturated heterocycles. The predicted octanol–water partition coefficient (Wildman–Crippen LogP) is 2.48. The third kappa shape index (κ3) is 1.39. The van der Waals surface area contributed by atoms with Crippen LogP contribution in [0, 0.1) is 0 Å². The molecule has 1 aliphatic carbocycles. The molecule has 0 fully saturated rings. The number of ketones is 1. The van der Waals surface area contributed by atoms with Gasteiger partial charge in [-0.3, -0.25) is 4.79 Å². The van der Waals surface area contributed by atoms with Gasteiger partial charge < -0.3 is 0 Å². The van der Waals surface area contributed by atoms with Crippen LogP contribution >= 0.6 is 0 Å². The van der Waals surface area contributed by atoms with Crippen LogP contribution in [0.2, 0.25) is 0 Å². The van der Waals surface area contributed by atoms with Crippen molar-refractivity contribution in [2.45, 2.75) is 32.6 Å². The minimum absolute atomic E-state index is 0.364. The Morgan fingerprint density at radius 3 is 2.69 bits per heavy atom. The molecule has 2 rings (SSSR count). The second-order valence-corrected chi connectivity index (χ2v) is 4.03. The normalized spacial score (nSPS) is 15.2. The second-order valence-electron chi connectivity index (χ2n) is 4.03. The lowest BCUT2D eigenvalue weighted by molar-refractivity contribution is -0.117. The lowest BCUT2D eigenvalue weighted by Gasteiger charge is -2.10. The highest BCUT2D eigenvalue weighted by Crippen LogP contribution is 2.27. The van der Waals surface area contributed by atoms with Crippen LogP contribution in [0.1, 0.15) is 36.5 Å². The van der Waals surface area contributed by atoms with Gasteiger partial charge in [0.1, 0.15) is 5.78 Å². The highest BCUT2D eigenvalue weighted by atomic mass is 16.1. The van der Waals surface area contributed by atoms with Crippen LogP contribution in [0.3, 0.4) is 0 Å². The van der Waals surface area contributed by atoms with E-state index in [1.807, 2.05) is 0 Å². The maximum atomic E-state index is 11.3. The zero-order valence-corrected chi connectivity index (χ0v) is 8.13. The first kappa shape index (κ1) is 8.49. The Hall–Kier alpha value is -1.11. The first-order valence-electron chi connectivity index (χ1n) is 4.81. The molecule has 1 aromatic carbocycles. The Morgan fingerprint density at radius 2 is 2.00 bits per heavy atom. The van der Waals surface area contributed by atoms with Gasteiger partial charge in [0.05, 0.1) is 0 Å². The number of hydrogen-bond donors (Lipinski definition) is 0. The van der Waals surface area contributed by atoms with Crippen LogP contribution in [-0.4, -0.2) is 5.78 Å². The lowest BCUT2D eigenvalue weighted by Crippen LogP contribution is -1.96. The van der Waals surface area contributed by atoms with Gasteiger partial charge in [-0.05, 0) is 22.6 Å². The fraction of sp³-hybridized carbons (Fsp3) is 0.417. The molecule has 0 unspecified atom stereocenters. The smallest absolute Gasteiger partial charge is 0.141 e. The summed E-state index contributed by atoms with van der Waals surface area (Å²) in [5.41, 5.74) is 3.89. The van der Waals surface area contributed by atoms with E-state index >= 15 is 0 Å². The van der Waals surface area contributed by atoms with Crippen molar-refractivity contribution >= 4 is 5.78 Å². The van der Waals surface area contributed by atoms with Gasteiger partial charge in [0.25, 0.3) is 0 Å². The third-order valence-corrected chi connectivity index (χ3v) is 2.69. The largest absolute Gasteiger partial charge is 0.299 e. The van der Waals surface area contributed by atoms with Crippen LogP contribution in [0.25, 0.3) is 0 Å². The number of carbonyl (C=O) groups is 1. The summed E-state index contributed by atoms with van der Waals surface area (Å²) < 4.78 is 0. The predicted molar refractivity (Wildman–Crippen MR) is 52.9 cm³/mol. The Kier molecular flexibility index (Phi) is 1.95. The summed E-state index contributed by atoms with van der Waals surface area (Å²) in [6, 6.07) is 6.28. The average Bonchev–Trinajstić information content (AvgIpc) is 2.43. The van der Waals surface area contributed by atoms with E-state index in [0.29, 0.717) is 24.5 Å². The van der Waals surface area contributed by atoms with Gasteiger partial charge in [0.2, 0.25) is 0 Å². The van der Waals surface area contributed by atoms with Gasteiger partial charge in [-0.1, -0.05) is 32.0 Å². The van der Waals surface area contributed by atoms with E-state index < -0.39 is 0 Å². The molecule has 1 aliphatic rings. The van der Waals surface area contributed by atoms with Crippen LogP contribution in [0.15, 0.2) is 18.2 Å². The van der Waals surface area contributed by atoms with E-state index in [4.69, 9.17) is 0 Å². The fourth-order valence-corrected chi connectivity index (χ4v) is 2.05. The van der Waals surface area contributed by atoms with Crippen molar-refractivity contribution in [2.75, 3.05) is 0 Å². The van der Waals surface area contributed by atoms with Crippen molar-refractivity contribution in [3.8, 4) is 0 Å². The summed E-state index contributed by atoms with van der Waals surface area (Å²) in [5, 5.41) is 0. The van der Waals surface area contributed by atoms with Crippen molar-refractivity contribution < 1.29 is 4.79 Å². The molecule has 68 valence electrons. The Balaban J connectivity index is 2.51. The molecule has 0 aromatic heterocycles. The van der Waals surface area contributed by atoms with E-state index in [2.05, 4.69) is 32.0 Å². The quantitative estimate of drug-likeness (QED) is 0.639. The molecule has 0 atom stereocenters. The maximum Gasteiger partial charge on any atom is 0.141 e. The fourth-order valence-electron chi connectivity index (χ4n) is 2.05. The summed E-state index contributed by atoms with van der Waals surface area (Å²) in [6.45, 7) is 4.36. The number of benzene rings is 1. The number of hydrogen-bond acceptors (Lipinski definition) is 1. The van der Waals surface area contributed by atoms with E-state index in [9.17, 15) is 4.79 Å². The Morgan fingerprint density at radius 1 is 1.23 bits per heavy atom. The van der Waals surface area contributed by atoms with Crippen molar-refractivity contribution in [3.63, 3.8) is 0 Å². The van der Waals surface area contributed by atoms with Crippen molar-refractivity contribution in [1.82, 2.24) is 0 Å². The number of fused-ring (bicyclic) bond motifs is 1. The van der Waals surface area contributed by atoms with Crippen LogP contribution in [-0.2, 0) is 17.6 Å². The first-order chi connectivity index (χ1) is 6.18.